The first-order chi connectivity index (χ1) is 21.6. The van der Waals surface area contributed by atoms with Gasteiger partial charge >= 0.3 is 0 Å². The molecule has 1 aliphatic heterocycles. The summed E-state index contributed by atoms with van der Waals surface area (Å²) in [4.78, 5) is 64.7. The van der Waals surface area contributed by atoms with Gasteiger partial charge in [-0.05, 0) is 67.2 Å². The van der Waals surface area contributed by atoms with E-state index in [9.17, 15) is 19.2 Å². The summed E-state index contributed by atoms with van der Waals surface area (Å²) in [6.07, 6.45) is 4.82. The highest BCUT2D eigenvalue weighted by Crippen LogP contribution is 2.65. The van der Waals surface area contributed by atoms with Crippen molar-refractivity contribution in [3.8, 4) is 0 Å². The maximum Gasteiger partial charge on any atom is 0.268 e. The Bertz CT molecular complexity index is 1740. The normalized spacial score (nSPS) is 23.8. The lowest BCUT2D eigenvalue weighted by atomic mass is 9.83. The van der Waals surface area contributed by atoms with Gasteiger partial charge in [0.1, 0.15) is 17.8 Å². The molecule has 1 saturated heterocycles. The van der Waals surface area contributed by atoms with E-state index in [-0.39, 0.29) is 46.7 Å². The lowest BCUT2D eigenvalue weighted by Gasteiger charge is -2.37. The molecule has 9 nitrogen and oxygen atoms in total. The molecule has 2 aromatic heterocycles. The summed E-state index contributed by atoms with van der Waals surface area (Å²) in [6.45, 7) is 6.40. The second kappa shape index (κ2) is 11.4. The Morgan fingerprint density at radius 3 is 2.49 bits per heavy atom. The second-order valence-corrected chi connectivity index (χ2v) is 14.6. The summed E-state index contributed by atoms with van der Waals surface area (Å²) >= 11 is 1.31. The number of para-hydroxylation sites is 2. The van der Waals surface area contributed by atoms with E-state index in [0.717, 1.165) is 53.2 Å². The average Bonchev–Trinajstić information content (AvgIpc) is 3.58. The third kappa shape index (κ3) is 5.32. The molecular weight excluding hydrogens is 586 g/mol. The Morgan fingerprint density at radius 2 is 1.73 bits per heavy atom. The van der Waals surface area contributed by atoms with Crippen molar-refractivity contribution < 1.29 is 19.2 Å². The fourth-order valence-corrected chi connectivity index (χ4v) is 8.78. The molecule has 3 amide bonds. The standard InChI is InChI=1S/C35H39N5O4S/c1-19(30(41)33-38-24-15-9-10-16-26(24)45-33)36-32(43)29-27-22(35(27,2)3)18-40(29)34(44)28(20-11-5-4-6-12-20)39-31(42)25-17-21-13-7-8-14-23(21)37-25/h7-10,13-17,19-20,22,27-29,37H,4-6,11-12,18H2,1-3H3,(H,36,43)(H,39,42)/t19?,22-,27-,28-,29-/m0/s1. The number of ketones is 1. The number of piperidine rings is 1. The van der Waals surface area contributed by atoms with Crippen molar-refractivity contribution in [1.29, 1.82) is 0 Å². The van der Waals surface area contributed by atoms with Crippen molar-refractivity contribution >= 4 is 56.0 Å². The highest BCUT2D eigenvalue weighted by Gasteiger charge is 2.69. The highest BCUT2D eigenvalue weighted by atomic mass is 32.1. The SMILES string of the molecule is CC(NC(=O)[C@@H]1[C@@H]2[C@H](CN1C(=O)[C@@H](NC(=O)c1cc3ccccc3[nH]1)C1CCCCC1)C2(C)C)C(=O)c1nc2ccccc2s1. The monoisotopic (exact) mass is 625 g/mol. The molecule has 2 aliphatic carbocycles. The molecular formula is C35H39N5O4S. The zero-order valence-corrected chi connectivity index (χ0v) is 26.7. The van der Waals surface area contributed by atoms with Crippen LogP contribution in [-0.2, 0) is 9.59 Å². The number of hydrogen-bond donors (Lipinski definition) is 3. The van der Waals surface area contributed by atoms with Gasteiger partial charge in [0.05, 0.1) is 16.3 Å². The zero-order chi connectivity index (χ0) is 31.5. The third-order valence-electron chi connectivity index (χ3n) is 10.5. The van der Waals surface area contributed by atoms with E-state index in [1.165, 1.54) is 11.3 Å². The van der Waals surface area contributed by atoms with Gasteiger partial charge in [0, 0.05) is 17.4 Å². The summed E-state index contributed by atoms with van der Waals surface area (Å²) in [5.41, 5.74) is 1.93. The summed E-state index contributed by atoms with van der Waals surface area (Å²) in [7, 11) is 0. The van der Waals surface area contributed by atoms with Gasteiger partial charge in [0.2, 0.25) is 17.6 Å². The second-order valence-electron chi connectivity index (χ2n) is 13.6. The van der Waals surface area contributed by atoms with Crippen LogP contribution in [0.3, 0.4) is 0 Å². The predicted molar refractivity (Wildman–Crippen MR) is 174 cm³/mol. The van der Waals surface area contributed by atoms with Crippen molar-refractivity contribution in [2.75, 3.05) is 6.54 Å². The van der Waals surface area contributed by atoms with Crippen LogP contribution in [0.1, 0.15) is 73.2 Å². The summed E-state index contributed by atoms with van der Waals surface area (Å²) in [6, 6.07) is 14.8. The lowest BCUT2D eigenvalue weighted by Crippen LogP contribution is -2.59. The molecule has 0 bridgehead atoms. The van der Waals surface area contributed by atoms with Gasteiger partial charge in [-0.25, -0.2) is 4.98 Å². The number of thiazole rings is 1. The lowest BCUT2D eigenvalue weighted by molar-refractivity contribution is -0.143. The molecule has 2 saturated carbocycles. The van der Waals surface area contributed by atoms with Gasteiger partial charge in [-0.15, -0.1) is 11.3 Å². The fraction of sp³-hybridized carbons (Fsp3) is 0.457. The van der Waals surface area contributed by atoms with E-state index in [4.69, 9.17) is 0 Å². The molecule has 3 fully saturated rings. The zero-order valence-electron chi connectivity index (χ0n) is 25.8. The van der Waals surface area contributed by atoms with Crippen molar-refractivity contribution in [3.05, 3.63) is 65.3 Å². The minimum absolute atomic E-state index is 0.00670. The van der Waals surface area contributed by atoms with Crippen LogP contribution in [-0.4, -0.2) is 63.0 Å². The number of fused-ring (bicyclic) bond motifs is 3. The number of hydrogen-bond acceptors (Lipinski definition) is 6. The van der Waals surface area contributed by atoms with Gasteiger partial charge in [0.15, 0.2) is 5.01 Å². The number of nitrogens with zero attached hydrogens (tertiary/aromatic N) is 2. The van der Waals surface area contributed by atoms with Gasteiger partial charge in [-0.2, -0.15) is 0 Å². The van der Waals surface area contributed by atoms with E-state index >= 15 is 0 Å². The number of H-pyrrole nitrogens is 1. The van der Waals surface area contributed by atoms with Crippen LogP contribution < -0.4 is 10.6 Å². The van der Waals surface area contributed by atoms with Gasteiger partial charge in [0.25, 0.3) is 5.91 Å². The van der Waals surface area contributed by atoms with Gasteiger partial charge in [-0.1, -0.05) is 63.4 Å². The Hall–Kier alpha value is -4.05. The van der Waals surface area contributed by atoms with Crippen molar-refractivity contribution in [2.45, 2.75) is 71.0 Å². The van der Waals surface area contributed by atoms with E-state index < -0.39 is 18.1 Å². The molecule has 3 heterocycles. The molecule has 234 valence electrons. The smallest absolute Gasteiger partial charge is 0.268 e. The number of rotatable bonds is 8. The minimum Gasteiger partial charge on any atom is -0.351 e. The molecule has 10 heteroatoms. The quantitative estimate of drug-likeness (QED) is 0.229. The third-order valence-corrected chi connectivity index (χ3v) is 11.5. The number of aromatic nitrogens is 2. The first kappa shape index (κ1) is 29.6. The number of Topliss-reactive ketones (excluding diaryl/α,β-unsaturated/α-hetero) is 1. The number of amides is 3. The van der Waals surface area contributed by atoms with Crippen LogP contribution in [0.25, 0.3) is 21.1 Å². The van der Waals surface area contributed by atoms with E-state index in [0.29, 0.717) is 17.2 Å². The van der Waals surface area contributed by atoms with Crippen molar-refractivity contribution in [3.63, 3.8) is 0 Å². The molecule has 7 rings (SSSR count). The largest absolute Gasteiger partial charge is 0.351 e. The number of carbonyl (C=O) groups is 4. The highest BCUT2D eigenvalue weighted by molar-refractivity contribution is 7.20. The van der Waals surface area contributed by atoms with Crippen molar-refractivity contribution in [1.82, 2.24) is 25.5 Å². The van der Waals surface area contributed by atoms with Crippen LogP contribution in [0.5, 0.6) is 0 Å². The molecule has 2 aromatic carbocycles. The summed E-state index contributed by atoms with van der Waals surface area (Å²) in [5, 5.41) is 7.30. The van der Waals surface area contributed by atoms with Gasteiger partial charge in [-0.3, -0.25) is 19.2 Å². The van der Waals surface area contributed by atoms with E-state index in [1.807, 2.05) is 48.5 Å². The molecule has 5 atom stereocenters. The Kier molecular flexibility index (Phi) is 7.50. The van der Waals surface area contributed by atoms with Crippen LogP contribution in [0, 0.1) is 23.2 Å². The van der Waals surface area contributed by atoms with Crippen molar-refractivity contribution in [2.24, 2.45) is 23.2 Å². The Labute approximate surface area is 266 Å². The Balaban J connectivity index is 1.12. The number of carbonyl (C=O) groups excluding carboxylic acids is 4. The number of nitrogens with one attached hydrogen (secondary N) is 3. The molecule has 3 N–H and O–H groups in total. The maximum atomic E-state index is 14.5. The maximum absolute atomic E-state index is 14.5. The van der Waals surface area contributed by atoms with Crippen LogP contribution in [0.15, 0.2) is 54.6 Å². The molecule has 45 heavy (non-hydrogen) atoms. The van der Waals surface area contributed by atoms with Crippen LogP contribution in [0.4, 0.5) is 0 Å². The average molecular weight is 626 g/mol. The van der Waals surface area contributed by atoms with E-state index in [1.54, 1.807) is 17.9 Å². The first-order valence-electron chi connectivity index (χ1n) is 16.0. The minimum atomic E-state index is -0.799. The van der Waals surface area contributed by atoms with Gasteiger partial charge < -0.3 is 20.5 Å². The first-order valence-corrected chi connectivity index (χ1v) is 16.8. The summed E-state index contributed by atoms with van der Waals surface area (Å²) < 4.78 is 0.915. The van der Waals surface area contributed by atoms with Crippen LogP contribution in [0.2, 0.25) is 0 Å². The molecule has 0 spiro atoms. The predicted octanol–water partition coefficient (Wildman–Crippen LogP) is 5.33. The summed E-state index contributed by atoms with van der Waals surface area (Å²) in [5.74, 6) is -0.944. The Morgan fingerprint density at radius 1 is 1.00 bits per heavy atom. The van der Waals surface area contributed by atoms with Crippen LogP contribution >= 0.6 is 11.3 Å². The molecule has 4 aromatic rings. The fourth-order valence-electron chi connectivity index (χ4n) is 7.78. The molecule has 3 aliphatic rings. The number of benzene rings is 2. The topological polar surface area (TPSA) is 124 Å². The molecule has 1 unspecified atom stereocenters. The molecule has 0 radical (unpaired) electrons. The van der Waals surface area contributed by atoms with E-state index in [2.05, 4.69) is 34.4 Å². The number of aromatic amines is 1. The number of likely N-dealkylation sites (tertiary alicyclic amines) is 1.